The molecule has 0 spiro atoms. The van der Waals surface area contributed by atoms with Gasteiger partial charge in [0, 0.05) is 18.2 Å². The van der Waals surface area contributed by atoms with E-state index in [4.69, 9.17) is 4.74 Å². The summed E-state index contributed by atoms with van der Waals surface area (Å²) in [4.78, 5) is 39.1. The molecule has 4 aliphatic carbocycles. The molecule has 0 aromatic heterocycles. The van der Waals surface area contributed by atoms with E-state index >= 15 is 0 Å². The van der Waals surface area contributed by atoms with Crippen molar-refractivity contribution in [3.8, 4) is 0 Å². The Hall–Kier alpha value is -2.37. The van der Waals surface area contributed by atoms with Crippen molar-refractivity contribution in [3.05, 3.63) is 30.3 Å². The fourth-order valence-electron chi connectivity index (χ4n) is 5.95. The first-order chi connectivity index (χ1) is 13.9. The highest BCUT2D eigenvalue weighted by Gasteiger charge is 2.54. The maximum atomic E-state index is 13.0. The number of hydrogen-bond donors (Lipinski definition) is 1. The Morgan fingerprint density at radius 2 is 1.62 bits per heavy atom. The number of rotatable bonds is 6. The number of carbonyl (C=O) groups is 3. The molecule has 0 unspecified atom stereocenters. The van der Waals surface area contributed by atoms with E-state index in [0.717, 1.165) is 24.9 Å². The van der Waals surface area contributed by atoms with Crippen molar-refractivity contribution < 1.29 is 19.1 Å². The second-order valence-electron chi connectivity index (χ2n) is 9.29. The van der Waals surface area contributed by atoms with Crippen molar-refractivity contribution >= 4 is 23.5 Å². The molecule has 4 saturated carbocycles. The van der Waals surface area contributed by atoms with Gasteiger partial charge in [0.2, 0.25) is 5.91 Å². The van der Waals surface area contributed by atoms with Gasteiger partial charge < -0.3 is 15.0 Å². The number of nitrogens with zero attached hydrogens (tertiary/aromatic N) is 1. The molecule has 0 saturated heterocycles. The number of amides is 2. The van der Waals surface area contributed by atoms with Gasteiger partial charge in [0.05, 0.1) is 0 Å². The third-order valence-corrected chi connectivity index (χ3v) is 7.08. The van der Waals surface area contributed by atoms with E-state index in [0.29, 0.717) is 17.8 Å². The van der Waals surface area contributed by atoms with Crippen LogP contribution in [0.3, 0.4) is 0 Å². The smallest absolute Gasteiger partial charge is 0.328 e. The SMILES string of the molecule is C[C@H](NC(=O)C12CC3CC(CC(C3)C1)C2)C(=O)OCC(=O)N(C)c1ccccc1. The Labute approximate surface area is 172 Å². The average molecular weight is 399 g/mol. The topological polar surface area (TPSA) is 75.7 Å². The van der Waals surface area contributed by atoms with Crippen LogP contribution in [0.4, 0.5) is 5.69 Å². The van der Waals surface area contributed by atoms with Gasteiger partial charge in [0.25, 0.3) is 5.91 Å². The minimum Gasteiger partial charge on any atom is -0.454 e. The number of benzene rings is 1. The van der Waals surface area contributed by atoms with Crippen LogP contribution in [0.5, 0.6) is 0 Å². The fourth-order valence-corrected chi connectivity index (χ4v) is 5.95. The number of para-hydroxylation sites is 1. The highest BCUT2D eigenvalue weighted by atomic mass is 16.5. The van der Waals surface area contributed by atoms with Crippen LogP contribution in [0, 0.1) is 23.2 Å². The summed E-state index contributed by atoms with van der Waals surface area (Å²) in [6, 6.07) is 8.42. The maximum Gasteiger partial charge on any atom is 0.328 e. The predicted octanol–water partition coefficient (Wildman–Crippen LogP) is 2.91. The molecular formula is C23H30N2O4. The van der Waals surface area contributed by atoms with E-state index in [2.05, 4.69) is 5.32 Å². The van der Waals surface area contributed by atoms with Crippen molar-refractivity contribution in [2.45, 2.75) is 51.5 Å². The van der Waals surface area contributed by atoms with E-state index in [1.807, 2.05) is 30.3 Å². The lowest BCUT2D eigenvalue weighted by Crippen LogP contribution is -2.56. The minimum atomic E-state index is -0.759. The van der Waals surface area contributed by atoms with Crippen molar-refractivity contribution in [2.75, 3.05) is 18.6 Å². The molecule has 0 heterocycles. The molecule has 1 atom stereocenters. The molecule has 1 N–H and O–H groups in total. The number of esters is 1. The number of ether oxygens (including phenoxy) is 1. The van der Waals surface area contributed by atoms with Crippen molar-refractivity contribution in [3.63, 3.8) is 0 Å². The van der Waals surface area contributed by atoms with Crippen LogP contribution in [0.25, 0.3) is 0 Å². The van der Waals surface area contributed by atoms with Gasteiger partial charge in [-0.25, -0.2) is 4.79 Å². The lowest BCUT2D eigenvalue weighted by Gasteiger charge is -2.55. The van der Waals surface area contributed by atoms with Gasteiger partial charge >= 0.3 is 5.97 Å². The molecule has 156 valence electrons. The Kier molecular flexibility index (Phi) is 5.36. The highest BCUT2D eigenvalue weighted by molar-refractivity contribution is 5.95. The van der Waals surface area contributed by atoms with E-state index in [1.54, 1.807) is 14.0 Å². The first-order valence-electron chi connectivity index (χ1n) is 10.7. The summed E-state index contributed by atoms with van der Waals surface area (Å²) < 4.78 is 5.18. The van der Waals surface area contributed by atoms with Gasteiger partial charge in [-0.05, 0) is 75.3 Å². The Bertz CT molecular complexity index is 756. The van der Waals surface area contributed by atoms with Crippen LogP contribution in [0.1, 0.15) is 45.4 Å². The molecule has 4 fully saturated rings. The van der Waals surface area contributed by atoms with Crippen molar-refractivity contribution in [1.29, 1.82) is 0 Å². The number of nitrogens with one attached hydrogen (secondary N) is 1. The van der Waals surface area contributed by atoms with Gasteiger partial charge in [-0.3, -0.25) is 9.59 Å². The average Bonchev–Trinajstić information content (AvgIpc) is 2.70. The largest absolute Gasteiger partial charge is 0.454 e. The summed E-state index contributed by atoms with van der Waals surface area (Å²) in [5.41, 5.74) is 0.434. The van der Waals surface area contributed by atoms with Crippen LogP contribution in [-0.4, -0.2) is 37.5 Å². The standard InChI is InChI=1S/C23H30N2O4/c1-15(21(27)29-14-20(26)25(2)19-6-4-3-5-7-19)24-22(28)23-11-16-8-17(12-23)10-18(9-16)13-23/h3-7,15-18H,8-14H2,1-2H3,(H,24,28)/t15-,16?,17?,18?,23?/m0/s1. The predicted molar refractivity (Wildman–Crippen MR) is 109 cm³/mol. The third kappa shape index (κ3) is 4.02. The van der Waals surface area contributed by atoms with E-state index in [9.17, 15) is 14.4 Å². The number of carbonyl (C=O) groups excluding carboxylic acids is 3. The molecule has 1 aromatic carbocycles. The number of likely N-dealkylation sites (N-methyl/N-ethyl adjacent to an activating group) is 1. The number of hydrogen-bond acceptors (Lipinski definition) is 4. The zero-order chi connectivity index (χ0) is 20.6. The van der Waals surface area contributed by atoms with Crippen LogP contribution in [0.2, 0.25) is 0 Å². The van der Waals surface area contributed by atoms with Gasteiger partial charge in [0.15, 0.2) is 6.61 Å². The molecule has 0 radical (unpaired) electrons. The molecule has 6 heteroatoms. The monoisotopic (exact) mass is 398 g/mol. The summed E-state index contributed by atoms with van der Waals surface area (Å²) in [6.07, 6.45) is 6.65. The Balaban J connectivity index is 1.28. The normalized spacial score (nSPS) is 30.5. The van der Waals surface area contributed by atoms with Crippen molar-refractivity contribution in [2.24, 2.45) is 23.2 Å². The lowest BCUT2D eigenvalue weighted by molar-refractivity contribution is -0.155. The molecule has 29 heavy (non-hydrogen) atoms. The number of anilines is 1. The molecule has 2 amide bonds. The summed E-state index contributed by atoms with van der Waals surface area (Å²) in [6.45, 7) is 1.29. The second-order valence-corrected chi connectivity index (χ2v) is 9.29. The molecule has 0 aliphatic heterocycles. The van der Waals surface area contributed by atoms with Crippen LogP contribution in [0.15, 0.2) is 30.3 Å². The molecular weight excluding hydrogens is 368 g/mol. The molecule has 4 aliphatic rings. The highest BCUT2D eigenvalue weighted by Crippen LogP contribution is 2.60. The quantitative estimate of drug-likeness (QED) is 0.748. The second kappa shape index (κ2) is 7.81. The summed E-state index contributed by atoms with van der Waals surface area (Å²) >= 11 is 0. The van der Waals surface area contributed by atoms with Gasteiger partial charge in [-0.1, -0.05) is 18.2 Å². The van der Waals surface area contributed by atoms with Crippen LogP contribution < -0.4 is 10.2 Å². The van der Waals surface area contributed by atoms with Crippen molar-refractivity contribution in [1.82, 2.24) is 5.32 Å². The Morgan fingerprint density at radius 3 is 2.17 bits per heavy atom. The first kappa shape index (κ1) is 19.9. The minimum absolute atomic E-state index is 0.00576. The van der Waals surface area contributed by atoms with E-state index in [-0.39, 0.29) is 23.8 Å². The van der Waals surface area contributed by atoms with Gasteiger partial charge in [-0.15, -0.1) is 0 Å². The van der Waals surface area contributed by atoms with Gasteiger partial charge in [-0.2, -0.15) is 0 Å². The summed E-state index contributed by atoms with van der Waals surface area (Å²) in [7, 11) is 1.64. The first-order valence-corrected chi connectivity index (χ1v) is 10.7. The zero-order valence-corrected chi connectivity index (χ0v) is 17.2. The van der Waals surface area contributed by atoms with Crippen LogP contribution >= 0.6 is 0 Å². The maximum absolute atomic E-state index is 13.0. The zero-order valence-electron chi connectivity index (χ0n) is 17.2. The summed E-state index contributed by atoms with van der Waals surface area (Å²) in [5.74, 6) is 1.11. The fraction of sp³-hybridized carbons (Fsp3) is 0.609. The lowest BCUT2D eigenvalue weighted by atomic mass is 9.49. The third-order valence-electron chi connectivity index (χ3n) is 7.08. The molecule has 1 aromatic rings. The van der Waals surface area contributed by atoms with Crippen LogP contribution in [-0.2, 0) is 19.1 Å². The molecule has 5 rings (SSSR count). The molecule has 4 bridgehead atoms. The van der Waals surface area contributed by atoms with E-state index < -0.39 is 12.0 Å². The van der Waals surface area contributed by atoms with E-state index in [1.165, 1.54) is 24.2 Å². The van der Waals surface area contributed by atoms with Gasteiger partial charge in [0.1, 0.15) is 6.04 Å². The Morgan fingerprint density at radius 1 is 1.07 bits per heavy atom. The summed E-state index contributed by atoms with van der Waals surface area (Å²) in [5, 5.41) is 2.88. The molecule has 6 nitrogen and oxygen atoms in total.